The first kappa shape index (κ1) is 11.1. The first-order valence-electron chi connectivity index (χ1n) is 4.64. The summed E-state index contributed by atoms with van der Waals surface area (Å²) >= 11 is 0. The van der Waals surface area contributed by atoms with Crippen molar-refractivity contribution in [2.45, 2.75) is 19.4 Å². The van der Waals surface area contributed by atoms with E-state index >= 15 is 0 Å². The Labute approximate surface area is 89.9 Å². The minimum atomic E-state index is 0. The van der Waals surface area contributed by atoms with Crippen LogP contribution in [0.4, 0.5) is 0 Å². The maximum absolute atomic E-state index is 5.94. The van der Waals surface area contributed by atoms with E-state index in [1.807, 2.05) is 6.20 Å². The third kappa shape index (κ3) is 1.91. The molecule has 14 heavy (non-hydrogen) atoms. The summed E-state index contributed by atoms with van der Waals surface area (Å²) < 4.78 is 0. The van der Waals surface area contributed by atoms with Gasteiger partial charge in [0.15, 0.2) is 0 Å². The van der Waals surface area contributed by atoms with Gasteiger partial charge in [-0.3, -0.25) is 0 Å². The SMILES string of the molecule is CC[C@H](N)c1ccc2[nH]ccc2c1.Cl. The van der Waals surface area contributed by atoms with Crippen LogP contribution in [0.2, 0.25) is 0 Å². The second-order valence-electron chi connectivity index (χ2n) is 3.34. The average Bonchev–Trinajstić information content (AvgIpc) is 2.63. The van der Waals surface area contributed by atoms with Crippen LogP contribution in [0.3, 0.4) is 0 Å². The summed E-state index contributed by atoms with van der Waals surface area (Å²) in [5, 5.41) is 1.24. The van der Waals surface area contributed by atoms with Crippen LogP contribution < -0.4 is 5.73 Å². The van der Waals surface area contributed by atoms with Crippen molar-refractivity contribution < 1.29 is 0 Å². The molecule has 0 spiro atoms. The van der Waals surface area contributed by atoms with Crippen LogP contribution in [-0.2, 0) is 0 Å². The Morgan fingerprint density at radius 1 is 1.36 bits per heavy atom. The lowest BCUT2D eigenvalue weighted by atomic mass is 10.0. The Morgan fingerprint density at radius 2 is 2.14 bits per heavy atom. The van der Waals surface area contributed by atoms with Crippen LogP contribution in [0.25, 0.3) is 10.9 Å². The van der Waals surface area contributed by atoms with Gasteiger partial charge in [-0.05, 0) is 35.6 Å². The molecule has 1 heterocycles. The number of halogens is 1. The molecule has 0 radical (unpaired) electrons. The molecule has 0 aliphatic carbocycles. The van der Waals surface area contributed by atoms with E-state index in [1.165, 1.54) is 16.5 Å². The average molecular weight is 211 g/mol. The van der Waals surface area contributed by atoms with E-state index in [0.717, 1.165) is 6.42 Å². The fourth-order valence-electron chi connectivity index (χ4n) is 1.54. The quantitative estimate of drug-likeness (QED) is 0.786. The maximum Gasteiger partial charge on any atom is 0.0454 e. The van der Waals surface area contributed by atoms with Gasteiger partial charge >= 0.3 is 0 Å². The van der Waals surface area contributed by atoms with Gasteiger partial charge in [0.25, 0.3) is 0 Å². The normalized spacial score (nSPS) is 12.4. The standard InChI is InChI=1S/C11H14N2.ClH/c1-2-10(12)8-3-4-11-9(7-8)5-6-13-11;/h3-7,10,13H,2,12H2,1H3;1H/t10-;/m0./s1. The van der Waals surface area contributed by atoms with Crippen molar-refractivity contribution in [3.63, 3.8) is 0 Å². The Hall–Kier alpha value is -0.990. The summed E-state index contributed by atoms with van der Waals surface area (Å²) in [6.45, 7) is 2.10. The number of rotatable bonds is 2. The van der Waals surface area contributed by atoms with E-state index < -0.39 is 0 Å². The van der Waals surface area contributed by atoms with Crippen molar-refractivity contribution in [2.24, 2.45) is 5.73 Å². The van der Waals surface area contributed by atoms with E-state index in [1.54, 1.807) is 0 Å². The summed E-state index contributed by atoms with van der Waals surface area (Å²) in [4.78, 5) is 3.16. The van der Waals surface area contributed by atoms with Crippen LogP contribution in [-0.4, -0.2) is 4.98 Å². The monoisotopic (exact) mass is 210 g/mol. The number of hydrogen-bond acceptors (Lipinski definition) is 1. The molecule has 0 aliphatic rings. The molecule has 0 fully saturated rings. The molecule has 0 bridgehead atoms. The molecule has 1 aromatic heterocycles. The lowest BCUT2D eigenvalue weighted by Crippen LogP contribution is -2.07. The van der Waals surface area contributed by atoms with Crippen molar-refractivity contribution in [2.75, 3.05) is 0 Å². The highest BCUT2D eigenvalue weighted by molar-refractivity contribution is 5.85. The van der Waals surface area contributed by atoms with E-state index in [-0.39, 0.29) is 18.4 Å². The Balaban J connectivity index is 0.000000980. The second kappa shape index (κ2) is 4.49. The van der Waals surface area contributed by atoms with E-state index in [4.69, 9.17) is 5.73 Å². The molecule has 2 rings (SSSR count). The van der Waals surface area contributed by atoms with Gasteiger partial charge in [-0.15, -0.1) is 12.4 Å². The summed E-state index contributed by atoms with van der Waals surface area (Å²) in [5.74, 6) is 0. The van der Waals surface area contributed by atoms with Crippen LogP contribution in [0, 0.1) is 0 Å². The maximum atomic E-state index is 5.94. The molecule has 1 aromatic carbocycles. The van der Waals surface area contributed by atoms with Gasteiger partial charge in [0.05, 0.1) is 0 Å². The van der Waals surface area contributed by atoms with Crippen molar-refractivity contribution in [1.29, 1.82) is 0 Å². The third-order valence-corrected chi connectivity index (χ3v) is 2.45. The van der Waals surface area contributed by atoms with Gasteiger partial charge in [0, 0.05) is 17.8 Å². The molecule has 2 nitrogen and oxygen atoms in total. The molecule has 2 aromatic rings. The van der Waals surface area contributed by atoms with Gasteiger partial charge in [0.2, 0.25) is 0 Å². The van der Waals surface area contributed by atoms with Crippen molar-refractivity contribution in [3.8, 4) is 0 Å². The van der Waals surface area contributed by atoms with Crippen LogP contribution >= 0.6 is 12.4 Å². The summed E-state index contributed by atoms with van der Waals surface area (Å²) in [5.41, 5.74) is 8.33. The van der Waals surface area contributed by atoms with Crippen LogP contribution in [0.5, 0.6) is 0 Å². The summed E-state index contributed by atoms with van der Waals surface area (Å²) in [6.07, 6.45) is 2.93. The molecular weight excluding hydrogens is 196 g/mol. The number of aromatic amines is 1. The lowest BCUT2D eigenvalue weighted by Gasteiger charge is -2.08. The number of nitrogens with two attached hydrogens (primary N) is 1. The molecule has 0 amide bonds. The molecule has 0 saturated carbocycles. The molecule has 1 atom stereocenters. The lowest BCUT2D eigenvalue weighted by molar-refractivity contribution is 0.700. The highest BCUT2D eigenvalue weighted by Gasteiger charge is 2.03. The molecule has 3 N–H and O–H groups in total. The van der Waals surface area contributed by atoms with Gasteiger partial charge in [-0.2, -0.15) is 0 Å². The van der Waals surface area contributed by atoms with Crippen molar-refractivity contribution >= 4 is 23.3 Å². The second-order valence-corrected chi connectivity index (χ2v) is 3.34. The van der Waals surface area contributed by atoms with Crippen molar-refractivity contribution in [1.82, 2.24) is 4.98 Å². The topological polar surface area (TPSA) is 41.8 Å². The van der Waals surface area contributed by atoms with Gasteiger partial charge < -0.3 is 10.7 Å². The first-order valence-corrected chi connectivity index (χ1v) is 4.64. The summed E-state index contributed by atoms with van der Waals surface area (Å²) in [6, 6.07) is 8.56. The summed E-state index contributed by atoms with van der Waals surface area (Å²) in [7, 11) is 0. The van der Waals surface area contributed by atoms with E-state index in [0.29, 0.717) is 0 Å². The molecular formula is C11H15ClN2. The largest absolute Gasteiger partial charge is 0.361 e. The Bertz CT molecular complexity index is 408. The number of nitrogens with one attached hydrogen (secondary N) is 1. The molecule has 76 valence electrons. The number of aromatic nitrogens is 1. The zero-order valence-corrected chi connectivity index (χ0v) is 8.97. The van der Waals surface area contributed by atoms with Gasteiger partial charge in [-0.25, -0.2) is 0 Å². The predicted molar refractivity (Wildman–Crippen MR) is 62.8 cm³/mol. The van der Waals surface area contributed by atoms with Crippen molar-refractivity contribution in [3.05, 3.63) is 36.0 Å². The Morgan fingerprint density at radius 3 is 2.86 bits per heavy atom. The number of H-pyrrole nitrogens is 1. The highest BCUT2D eigenvalue weighted by atomic mass is 35.5. The zero-order valence-electron chi connectivity index (χ0n) is 8.16. The molecule has 3 heteroatoms. The first-order chi connectivity index (χ1) is 6.31. The van der Waals surface area contributed by atoms with Gasteiger partial charge in [0.1, 0.15) is 0 Å². The molecule has 0 saturated heterocycles. The zero-order chi connectivity index (χ0) is 9.26. The van der Waals surface area contributed by atoms with Gasteiger partial charge in [-0.1, -0.05) is 13.0 Å². The van der Waals surface area contributed by atoms with Crippen LogP contribution in [0.15, 0.2) is 30.5 Å². The Kier molecular flexibility index (Phi) is 3.55. The number of hydrogen-bond donors (Lipinski definition) is 2. The van der Waals surface area contributed by atoms with E-state index in [9.17, 15) is 0 Å². The fraction of sp³-hybridized carbons (Fsp3) is 0.273. The minimum absolute atomic E-state index is 0. The molecule has 0 unspecified atom stereocenters. The van der Waals surface area contributed by atoms with E-state index in [2.05, 4.69) is 36.2 Å². The predicted octanol–water partition coefficient (Wildman–Crippen LogP) is 3.00. The van der Waals surface area contributed by atoms with Crippen LogP contribution in [0.1, 0.15) is 24.9 Å². The smallest absolute Gasteiger partial charge is 0.0454 e. The third-order valence-electron chi connectivity index (χ3n) is 2.45. The molecule has 0 aliphatic heterocycles. The number of benzene rings is 1. The highest BCUT2D eigenvalue weighted by Crippen LogP contribution is 2.19. The fourth-order valence-corrected chi connectivity index (χ4v) is 1.54. The minimum Gasteiger partial charge on any atom is -0.361 e. The number of fused-ring (bicyclic) bond motifs is 1.